The molecule has 21 heavy (non-hydrogen) atoms. The number of aromatic nitrogens is 1. The molecule has 2 aliphatic heterocycles. The van der Waals surface area contributed by atoms with Gasteiger partial charge in [-0.05, 0) is 23.6 Å². The minimum atomic E-state index is -0.548. The third kappa shape index (κ3) is 1.68. The summed E-state index contributed by atoms with van der Waals surface area (Å²) in [5, 5.41) is 9.70. The van der Waals surface area contributed by atoms with Crippen LogP contribution in [0.3, 0.4) is 0 Å². The largest absolute Gasteiger partial charge is 0.744 e. The number of phenolic OH excluding ortho intramolecular Hbond substituents is 1. The molecule has 0 radical (unpaired) electrons. The van der Waals surface area contributed by atoms with E-state index in [0.29, 0.717) is 5.75 Å². The van der Waals surface area contributed by atoms with Gasteiger partial charge in [-0.15, -0.1) is 0 Å². The number of nitrogens with zero attached hydrogens (tertiary/aromatic N) is 2. The van der Waals surface area contributed by atoms with E-state index in [2.05, 4.69) is 25.8 Å². The van der Waals surface area contributed by atoms with Crippen LogP contribution < -0.4 is 14.1 Å². The summed E-state index contributed by atoms with van der Waals surface area (Å²) in [6, 6.07) is 6.98. The quantitative estimate of drug-likeness (QED) is 0.753. The molecule has 0 amide bonds. The molecule has 0 aliphatic carbocycles. The van der Waals surface area contributed by atoms with Crippen molar-refractivity contribution >= 4 is 18.8 Å². The van der Waals surface area contributed by atoms with Crippen LogP contribution >= 0.6 is 0 Å². The van der Waals surface area contributed by atoms with E-state index in [1.54, 1.807) is 24.4 Å². The van der Waals surface area contributed by atoms with Gasteiger partial charge in [0.25, 0.3) is 0 Å². The predicted molar refractivity (Wildman–Crippen MR) is 80.2 cm³/mol. The summed E-state index contributed by atoms with van der Waals surface area (Å²) < 4.78 is 11.8. The lowest BCUT2D eigenvalue weighted by molar-refractivity contribution is 0.439. The van der Waals surface area contributed by atoms with E-state index in [0.717, 1.165) is 22.8 Å². The normalized spacial score (nSPS) is 15.2. The highest BCUT2D eigenvalue weighted by Gasteiger charge is 2.51. The second-order valence-electron chi connectivity index (χ2n) is 6.33. The molecule has 2 aliphatic rings. The molecule has 0 atom stereocenters. The first-order valence-electron chi connectivity index (χ1n) is 6.90. The number of benzene rings is 1. The third-order valence-electron chi connectivity index (χ3n) is 3.78. The fraction of sp³-hybridized carbons (Fsp3) is 0.267. The number of pyridine rings is 1. The maximum absolute atomic E-state index is 9.70. The van der Waals surface area contributed by atoms with Crippen LogP contribution in [0.2, 0.25) is 0 Å². The number of phenols is 1. The minimum absolute atomic E-state index is 0.0472. The van der Waals surface area contributed by atoms with Gasteiger partial charge in [-0.2, -0.15) is 0 Å². The van der Waals surface area contributed by atoms with Crippen LogP contribution in [0, 0.1) is 0 Å². The van der Waals surface area contributed by atoms with Crippen LogP contribution in [0.1, 0.15) is 26.3 Å². The number of fused-ring (bicyclic) bond motifs is 5. The molecular formula is C15H15BN2O3. The molecule has 1 aromatic carbocycles. The molecule has 1 N–H and O–H groups in total. The zero-order valence-electron chi connectivity index (χ0n) is 12.1. The lowest BCUT2D eigenvalue weighted by Crippen LogP contribution is -2.36. The van der Waals surface area contributed by atoms with Crippen molar-refractivity contribution < 1.29 is 14.4 Å². The van der Waals surface area contributed by atoms with E-state index in [4.69, 9.17) is 9.31 Å². The van der Waals surface area contributed by atoms with Crippen LogP contribution in [0.5, 0.6) is 17.2 Å². The molecule has 106 valence electrons. The summed E-state index contributed by atoms with van der Waals surface area (Å²) in [5.41, 5.74) is 1.82. The zero-order valence-corrected chi connectivity index (χ0v) is 12.1. The fourth-order valence-corrected chi connectivity index (χ4v) is 2.78. The molecule has 1 aromatic heterocycles. The average molecular weight is 282 g/mol. The Hall–Kier alpha value is -2.37. The second kappa shape index (κ2) is 3.84. The summed E-state index contributed by atoms with van der Waals surface area (Å²) in [6.07, 6.45) is 1.78. The molecule has 0 spiro atoms. The van der Waals surface area contributed by atoms with Gasteiger partial charge < -0.3 is 14.4 Å². The van der Waals surface area contributed by atoms with Crippen molar-refractivity contribution in [2.45, 2.75) is 26.2 Å². The summed E-state index contributed by atoms with van der Waals surface area (Å²) >= 11 is 0. The highest BCUT2D eigenvalue weighted by molar-refractivity contribution is 6.57. The molecule has 0 saturated heterocycles. The van der Waals surface area contributed by atoms with Gasteiger partial charge in [-0.3, -0.25) is 4.81 Å². The number of aromatic hydroxyl groups is 1. The summed E-state index contributed by atoms with van der Waals surface area (Å²) in [6.45, 7) is 6.40. The van der Waals surface area contributed by atoms with Gasteiger partial charge in [0.1, 0.15) is 17.2 Å². The zero-order chi connectivity index (χ0) is 14.8. The Morgan fingerprint density at radius 2 is 2.00 bits per heavy atom. The van der Waals surface area contributed by atoms with Gasteiger partial charge in [0.15, 0.2) is 5.82 Å². The van der Waals surface area contributed by atoms with E-state index in [-0.39, 0.29) is 11.2 Å². The van der Waals surface area contributed by atoms with Crippen molar-refractivity contribution in [2.24, 2.45) is 0 Å². The van der Waals surface area contributed by atoms with E-state index in [1.165, 1.54) is 0 Å². The molecule has 6 heteroatoms. The SMILES string of the molecule is CC(C)(C)c1ccnc2c1OB1Oc3ccc(O)cc3N12. The molecular weight excluding hydrogens is 267 g/mol. The van der Waals surface area contributed by atoms with Gasteiger partial charge in [0.05, 0.1) is 5.69 Å². The number of anilines is 2. The van der Waals surface area contributed by atoms with Gasteiger partial charge in [-0.25, -0.2) is 4.98 Å². The smallest absolute Gasteiger partial charge is 0.508 e. The standard InChI is InChI=1S/C15H15BN2O3/c1-15(2,3)10-6-7-17-14-13(10)21-16-18(14)11-8-9(19)4-5-12(11)20-16/h4-8,19H,1-3H3. The van der Waals surface area contributed by atoms with Crippen molar-refractivity contribution in [3.8, 4) is 17.2 Å². The van der Waals surface area contributed by atoms with Gasteiger partial charge in [0, 0.05) is 17.8 Å². The number of hydrogen-bond donors (Lipinski definition) is 1. The average Bonchev–Trinajstić information content (AvgIpc) is 2.92. The van der Waals surface area contributed by atoms with Crippen LogP contribution in [0.25, 0.3) is 0 Å². The molecule has 3 heterocycles. The Morgan fingerprint density at radius 1 is 1.19 bits per heavy atom. The maximum atomic E-state index is 9.70. The maximum Gasteiger partial charge on any atom is 0.744 e. The first-order valence-corrected chi connectivity index (χ1v) is 6.90. The van der Waals surface area contributed by atoms with E-state index in [1.807, 2.05) is 10.9 Å². The van der Waals surface area contributed by atoms with Crippen molar-refractivity contribution in [1.29, 1.82) is 0 Å². The topological polar surface area (TPSA) is 54.8 Å². The first-order chi connectivity index (χ1) is 9.95. The Morgan fingerprint density at radius 3 is 2.76 bits per heavy atom. The van der Waals surface area contributed by atoms with Crippen molar-refractivity contribution in [3.05, 3.63) is 36.0 Å². The lowest BCUT2D eigenvalue weighted by Gasteiger charge is -2.21. The van der Waals surface area contributed by atoms with Crippen LogP contribution in [0.4, 0.5) is 11.5 Å². The Labute approximate surface area is 123 Å². The van der Waals surface area contributed by atoms with Crippen LogP contribution in [0.15, 0.2) is 30.5 Å². The molecule has 0 saturated carbocycles. The van der Waals surface area contributed by atoms with Crippen molar-refractivity contribution in [3.63, 3.8) is 0 Å². The summed E-state index contributed by atoms with van der Waals surface area (Å²) in [5.74, 6) is 2.37. The van der Waals surface area contributed by atoms with Gasteiger partial charge in [-0.1, -0.05) is 20.8 Å². The fourth-order valence-electron chi connectivity index (χ4n) is 2.78. The number of rotatable bonds is 0. The highest BCUT2D eigenvalue weighted by Crippen LogP contribution is 2.51. The Balaban J connectivity index is 1.89. The second-order valence-corrected chi connectivity index (χ2v) is 6.33. The summed E-state index contributed by atoms with van der Waals surface area (Å²) in [7, 11) is -0.548. The molecule has 2 aromatic rings. The Kier molecular flexibility index (Phi) is 2.27. The first kappa shape index (κ1) is 12.4. The van der Waals surface area contributed by atoms with Crippen molar-refractivity contribution in [2.75, 3.05) is 4.81 Å². The minimum Gasteiger partial charge on any atom is -0.508 e. The van der Waals surface area contributed by atoms with Crippen LogP contribution in [-0.4, -0.2) is 17.3 Å². The Bertz CT molecular complexity index is 742. The molecule has 0 fully saturated rings. The van der Waals surface area contributed by atoms with E-state index < -0.39 is 7.25 Å². The highest BCUT2D eigenvalue weighted by atomic mass is 16.6. The number of hydrogen-bond acceptors (Lipinski definition) is 5. The van der Waals surface area contributed by atoms with Crippen molar-refractivity contribution in [1.82, 2.24) is 4.98 Å². The molecule has 0 bridgehead atoms. The van der Waals surface area contributed by atoms with Gasteiger partial charge in [0.2, 0.25) is 0 Å². The van der Waals surface area contributed by atoms with E-state index in [9.17, 15) is 5.11 Å². The third-order valence-corrected chi connectivity index (χ3v) is 3.78. The van der Waals surface area contributed by atoms with Gasteiger partial charge >= 0.3 is 7.25 Å². The monoisotopic (exact) mass is 282 g/mol. The molecule has 0 unspecified atom stereocenters. The molecule has 5 nitrogen and oxygen atoms in total. The van der Waals surface area contributed by atoms with Crippen LogP contribution in [-0.2, 0) is 5.41 Å². The molecule has 4 rings (SSSR count). The van der Waals surface area contributed by atoms with E-state index >= 15 is 0 Å². The predicted octanol–water partition coefficient (Wildman–Crippen LogP) is 2.99. The lowest BCUT2D eigenvalue weighted by atomic mass is 9.87. The summed E-state index contributed by atoms with van der Waals surface area (Å²) in [4.78, 5) is 6.32.